The van der Waals surface area contributed by atoms with Gasteiger partial charge < -0.3 is 11.1 Å². The molecule has 1 aliphatic rings. The predicted octanol–water partition coefficient (Wildman–Crippen LogP) is 1.89. The van der Waals surface area contributed by atoms with Gasteiger partial charge in [0.1, 0.15) is 0 Å². The van der Waals surface area contributed by atoms with E-state index in [0.29, 0.717) is 11.5 Å². The third kappa shape index (κ3) is 3.65. The van der Waals surface area contributed by atoms with E-state index in [0.717, 1.165) is 6.54 Å². The summed E-state index contributed by atoms with van der Waals surface area (Å²) in [6.07, 6.45) is 8.19. The van der Waals surface area contributed by atoms with Gasteiger partial charge in [-0.15, -0.1) is 0 Å². The highest BCUT2D eigenvalue weighted by Gasteiger charge is 2.28. The molecule has 13 heavy (non-hydrogen) atoms. The molecule has 2 heteroatoms. The summed E-state index contributed by atoms with van der Waals surface area (Å²) in [5.74, 6) is 0. The van der Waals surface area contributed by atoms with Crippen LogP contribution in [0.1, 0.15) is 45.4 Å². The van der Waals surface area contributed by atoms with Gasteiger partial charge in [-0.25, -0.2) is 0 Å². The van der Waals surface area contributed by atoms with Crippen molar-refractivity contribution >= 4 is 0 Å². The number of nitrogens with one attached hydrogen (secondary N) is 1. The Kier molecular flexibility index (Phi) is 4.20. The Labute approximate surface area is 82.3 Å². The number of nitrogens with two attached hydrogens (primary N) is 1. The van der Waals surface area contributed by atoms with Gasteiger partial charge in [0.2, 0.25) is 0 Å². The first kappa shape index (κ1) is 11.0. The molecular formula is C11H24N2. The van der Waals surface area contributed by atoms with Gasteiger partial charge in [-0.3, -0.25) is 0 Å². The fourth-order valence-corrected chi connectivity index (χ4v) is 2.58. The normalized spacial score (nSPS) is 24.2. The molecular weight excluding hydrogens is 160 g/mol. The van der Waals surface area contributed by atoms with Crippen LogP contribution >= 0.6 is 0 Å². The third-order valence-corrected chi connectivity index (χ3v) is 3.28. The summed E-state index contributed by atoms with van der Waals surface area (Å²) in [7, 11) is 1.98. The Hall–Kier alpha value is -0.0800. The highest BCUT2D eigenvalue weighted by molar-refractivity contribution is 4.83. The van der Waals surface area contributed by atoms with Gasteiger partial charge in [0.15, 0.2) is 0 Å². The first-order valence-corrected chi connectivity index (χ1v) is 5.56. The molecule has 1 atom stereocenters. The standard InChI is InChI=1S/C11H24N2/c1-11(6-4-3-5-7-11)8-10(12)9-13-2/h10,13H,3-9,12H2,1-2H3. The van der Waals surface area contributed by atoms with Crippen LogP contribution < -0.4 is 11.1 Å². The first-order chi connectivity index (χ1) is 6.16. The van der Waals surface area contributed by atoms with Crippen molar-refractivity contribution in [2.75, 3.05) is 13.6 Å². The van der Waals surface area contributed by atoms with Crippen molar-refractivity contribution in [3.8, 4) is 0 Å². The Bertz CT molecular complexity index is 139. The van der Waals surface area contributed by atoms with Gasteiger partial charge in [0, 0.05) is 12.6 Å². The SMILES string of the molecule is CNCC(N)CC1(C)CCCCC1. The Morgan fingerprint density at radius 2 is 1.92 bits per heavy atom. The summed E-state index contributed by atoms with van der Waals surface area (Å²) in [6.45, 7) is 3.36. The van der Waals surface area contributed by atoms with Gasteiger partial charge in [0.05, 0.1) is 0 Å². The van der Waals surface area contributed by atoms with Crippen LogP contribution in [0, 0.1) is 5.41 Å². The number of hydrogen-bond acceptors (Lipinski definition) is 2. The topological polar surface area (TPSA) is 38.0 Å². The third-order valence-electron chi connectivity index (χ3n) is 3.28. The molecule has 0 saturated heterocycles. The maximum absolute atomic E-state index is 6.04. The summed E-state index contributed by atoms with van der Waals surface area (Å²) in [4.78, 5) is 0. The van der Waals surface area contributed by atoms with E-state index >= 15 is 0 Å². The van der Waals surface area contributed by atoms with Crippen molar-refractivity contribution in [1.82, 2.24) is 5.32 Å². The molecule has 0 bridgehead atoms. The summed E-state index contributed by atoms with van der Waals surface area (Å²) >= 11 is 0. The zero-order valence-electron chi connectivity index (χ0n) is 9.10. The van der Waals surface area contributed by atoms with Crippen LogP contribution in [0.25, 0.3) is 0 Å². The van der Waals surface area contributed by atoms with Crippen LogP contribution in [0.4, 0.5) is 0 Å². The van der Waals surface area contributed by atoms with Gasteiger partial charge in [-0.1, -0.05) is 26.2 Å². The summed E-state index contributed by atoms with van der Waals surface area (Å²) in [5, 5.41) is 3.15. The largest absolute Gasteiger partial charge is 0.327 e. The van der Waals surface area contributed by atoms with Crippen LogP contribution in [-0.4, -0.2) is 19.6 Å². The monoisotopic (exact) mass is 184 g/mol. The first-order valence-electron chi connectivity index (χ1n) is 5.56. The molecule has 1 rings (SSSR count). The minimum atomic E-state index is 0.341. The molecule has 78 valence electrons. The van der Waals surface area contributed by atoms with Crippen LogP contribution in [0.3, 0.4) is 0 Å². The fourth-order valence-electron chi connectivity index (χ4n) is 2.58. The molecule has 1 saturated carbocycles. The molecule has 1 fully saturated rings. The molecule has 0 radical (unpaired) electrons. The lowest BCUT2D eigenvalue weighted by Gasteiger charge is -2.35. The Morgan fingerprint density at radius 1 is 1.31 bits per heavy atom. The zero-order valence-corrected chi connectivity index (χ0v) is 9.10. The Balaban J connectivity index is 2.31. The van der Waals surface area contributed by atoms with Crippen molar-refractivity contribution in [3.63, 3.8) is 0 Å². The highest BCUT2D eigenvalue weighted by atomic mass is 14.9. The molecule has 3 N–H and O–H groups in total. The number of rotatable bonds is 4. The van der Waals surface area contributed by atoms with E-state index in [1.54, 1.807) is 0 Å². The Morgan fingerprint density at radius 3 is 2.46 bits per heavy atom. The van der Waals surface area contributed by atoms with Gasteiger partial charge in [0.25, 0.3) is 0 Å². The minimum absolute atomic E-state index is 0.341. The quantitative estimate of drug-likeness (QED) is 0.700. The lowest BCUT2D eigenvalue weighted by atomic mass is 9.72. The van der Waals surface area contributed by atoms with Gasteiger partial charge in [-0.05, 0) is 31.7 Å². The van der Waals surface area contributed by atoms with Crippen LogP contribution in [-0.2, 0) is 0 Å². The van der Waals surface area contributed by atoms with E-state index in [4.69, 9.17) is 5.73 Å². The van der Waals surface area contributed by atoms with Crippen molar-refractivity contribution in [2.24, 2.45) is 11.1 Å². The molecule has 0 aromatic carbocycles. The van der Waals surface area contributed by atoms with E-state index in [2.05, 4.69) is 12.2 Å². The molecule has 0 spiro atoms. The average Bonchev–Trinajstić information content (AvgIpc) is 2.04. The van der Waals surface area contributed by atoms with Crippen LogP contribution in [0.2, 0.25) is 0 Å². The lowest BCUT2D eigenvalue weighted by molar-refractivity contribution is 0.184. The van der Waals surface area contributed by atoms with E-state index in [1.807, 2.05) is 7.05 Å². The molecule has 1 unspecified atom stereocenters. The molecule has 0 aromatic heterocycles. The minimum Gasteiger partial charge on any atom is -0.327 e. The van der Waals surface area contributed by atoms with E-state index in [1.165, 1.54) is 38.5 Å². The lowest BCUT2D eigenvalue weighted by Crippen LogP contribution is -2.37. The maximum atomic E-state index is 6.04. The van der Waals surface area contributed by atoms with E-state index in [-0.39, 0.29) is 0 Å². The molecule has 0 aliphatic heterocycles. The van der Waals surface area contributed by atoms with E-state index < -0.39 is 0 Å². The van der Waals surface area contributed by atoms with Crippen molar-refractivity contribution in [3.05, 3.63) is 0 Å². The van der Waals surface area contributed by atoms with Crippen LogP contribution in [0.15, 0.2) is 0 Å². The second-order valence-corrected chi connectivity index (χ2v) is 4.89. The number of hydrogen-bond donors (Lipinski definition) is 2. The average molecular weight is 184 g/mol. The summed E-state index contributed by atoms with van der Waals surface area (Å²) in [6, 6.07) is 0.341. The second kappa shape index (κ2) is 4.97. The zero-order chi connectivity index (χ0) is 9.73. The molecule has 0 heterocycles. The fraction of sp³-hybridized carbons (Fsp3) is 1.00. The maximum Gasteiger partial charge on any atom is 0.0170 e. The van der Waals surface area contributed by atoms with E-state index in [9.17, 15) is 0 Å². The van der Waals surface area contributed by atoms with Crippen LogP contribution in [0.5, 0.6) is 0 Å². The summed E-state index contributed by atoms with van der Waals surface area (Å²) in [5.41, 5.74) is 6.57. The summed E-state index contributed by atoms with van der Waals surface area (Å²) < 4.78 is 0. The molecule has 2 nitrogen and oxygen atoms in total. The second-order valence-electron chi connectivity index (χ2n) is 4.89. The predicted molar refractivity (Wildman–Crippen MR) is 57.7 cm³/mol. The van der Waals surface area contributed by atoms with Gasteiger partial charge in [-0.2, -0.15) is 0 Å². The molecule has 0 amide bonds. The smallest absolute Gasteiger partial charge is 0.0170 e. The number of likely N-dealkylation sites (N-methyl/N-ethyl adjacent to an activating group) is 1. The molecule has 1 aliphatic carbocycles. The van der Waals surface area contributed by atoms with Gasteiger partial charge >= 0.3 is 0 Å². The highest BCUT2D eigenvalue weighted by Crippen LogP contribution is 2.39. The van der Waals surface area contributed by atoms with Crippen molar-refractivity contribution in [2.45, 2.75) is 51.5 Å². The molecule has 0 aromatic rings. The van der Waals surface area contributed by atoms with Crippen molar-refractivity contribution in [1.29, 1.82) is 0 Å². The van der Waals surface area contributed by atoms with Crippen molar-refractivity contribution < 1.29 is 0 Å².